The van der Waals surface area contributed by atoms with Gasteiger partial charge in [-0.2, -0.15) is 4.57 Å². The Morgan fingerprint density at radius 3 is 2.29 bits per heavy atom. The zero-order valence-corrected chi connectivity index (χ0v) is 10.4. The van der Waals surface area contributed by atoms with Gasteiger partial charge in [0.25, 0.3) is 0 Å². The number of nitrogens with zero attached hydrogens (tertiary/aromatic N) is 1. The van der Waals surface area contributed by atoms with E-state index in [1.54, 1.807) is 0 Å². The molecule has 17 heavy (non-hydrogen) atoms. The molecule has 1 aliphatic rings. The highest BCUT2D eigenvalue weighted by Crippen LogP contribution is 2.22. The first-order valence-electron chi connectivity index (χ1n) is 5.13. The van der Waals surface area contributed by atoms with Crippen molar-refractivity contribution in [2.75, 3.05) is 0 Å². The predicted molar refractivity (Wildman–Crippen MR) is 60.0 cm³/mol. The molecule has 1 aliphatic heterocycles. The van der Waals surface area contributed by atoms with Crippen LogP contribution in [0.15, 0.2) is 47.6 Å². The van der Waals surface area contributed by atoms with Crippen LogP contribution in [-0.4, -0.2) is 16.4 Å². The maximum Gasteiger partial charge on any atom is 0.239 e. The summed E-state index contributed by atoms with van der Waals surface area (Å²) in [4.78, 5) is 0. The lowest BCUT2D eigenvalue weighted by molar-refractivity contribution is -0.588. The normalized spacial score (nSPS) is 19.8. The Morgan fingerprint density at radius 2 is 1.71 bits per heavy atom. The van der Waals surface area contributed by atoms with Crippen molar-refractivity contribution in [3.8, 4) is 0 Å². The Labute approximate surface area is 106 Å². The second-order valence-corrected chi connectivity index (χ2v) is 3.81. The Balaban J connectivity index is 0.00000144. The van der Waals surface area contributed by atoms with Crippen molar-refractivity contribution in [2.45, 2.75) is 20.1 Å². The number of hydrogen-bond acceptors (Lipinski definition) is 3. The number of aliphatic hydroxyl groups is 2. The highest BCUT2D eigenvalue weighted by Gasteiger charge is 2.29. The molecule has 0 amide bonds. The fourth-order valence-corrected chi connectivity index (χ4v) is 1.78. The van der Waals surface area contributed by atoms with Gasteiger partial charge < -0.3 is 27.9 Å². The Kier molecular flexibility index (Phi) is 4.15. The number of halogens is 1. The minimum absolute atomic E-state index is 0. The maximum absolute atomic E-state index is 9.90. The van der Waals surface area contributed by atoms with Crippen molar-refractivity contribution < 1.29 is 27.2 Å². The van der Waals surface area contributed by atoms with E-state index in [4.69, 9.17) is 0 Å². The summed E-state index contributed by atoms with van der Waals surface area (Å²) in [6.07, 6.45) is 2.83. The summed E-state index contributed by atoms with van der Waals surface area (Å²) in [5.41, 5.74) is 2.35. The van der Waals surface area contributed by atoms with Crippen LogP contribution in [0.2, 0.25) is 0 Å². The van der Waals surface area contributed by atoms with Crippen LogP contribution in [0.3, 0.4) is 0 Å². The quantitative estimate of drug-likeness (QED) is 0.505. The minimum Gasteiger partial charge on any atom is -1.00 e. The molecule has 2 rings (SSSR count). The third kappa shape index (κ3) is 2.43. The Hall–Kier alpha value is -1.52. The number of rotatable bonds is 1. The predicted octanol–water partition coefficient (Wildman–Crippen LogP) is -2.08. The molecular weight excluding hydrogens is 240 g/mol. The number of pyridine rings is 1. The molecule has 5 heteroatoms. The number of aromatic nitrogens is 1. The molecule has 4 nitrogen and oxygen atoms in total. The summed E-state index contributed by atoms with van der Waals surface area (Å²) in [5.74, 6) is 0.0327. The second-order valence-electron chi connectivity index (χ2n) is 3.81. The Bertz CT molecular complexity index is 469. The summed E-state index contributed by atoms with van der Waals surface area (Å²) >= 11 is 0. The summed E-state index contributed by atoms with van der Waals surface area (Å²) in [6.45, 7) is 3.69. The van der Waals surface area contributed by atoms with E-state index >= 15 is 0 Å². The van der Waals surface area contributed by atoms with E-state index in [0.29, 0.717) is 0 Å². The standard InChI is InChI=1S/C12H14N2O2.ClH/c1-8-9(2)11(15)13-12(16)10(8)14-6-4-3-5-7-14;/h3-7,12-13,16H,1-2H3;1H. The van der Waals surface area contributed by atoms with Gasteiger partial charge in [-0.1, -0.05) is 6.07 Å². The van der Waals surface area contributed by atoms with Gasteiger partial charge in [-0.15, -0.1) is 0 Å². The van der Waals surface area contributed by atoms with Crippen LogP contribution >= 0.6 is 0 Å². The highest BCUT2D eigenvalue weighted by atomic mass is 35.5. The molecule has 1 aromatic heterocycles. The first-order chi connectivity index (χ1) is 7.61. The van der Waals surface area contributed by atoms with Crippen LogP contribution in [0.25, 0.3) is 5.70 Å². The van der Waals surface area contributed by atoms with Crippen molar-refractivity contribution in [2.24, 2.45) is 0 Å². The molecule has 1 aromatic rings. The number of hydrogen-bond donors (Lipinski definition) is 3. The van der Waals surface area contributed by atoms with E-state index in [0.717, 1.165) is 16.8 Å². The minimum atomic E-state index is -0.893. The maximum atomic E-state index is 9.90. The van der Waals surface area contributed by atoms with Gasteiger partial charge in [0.1, 0.15) is 0 Å². The van der Waals surface area contributed by atoms with Crippen LogP contribution in [0.5, 0.6) is 0 Å². The molecule has 0 radical (unpaired) electrons. The molecule has 0 bridgehead atoms. The van der Waals surface area contributed by atoms with E-state index in [2.05, 4.69) is 5.32 Å². The topological polar surface area (TPSA) is 56.4 Å². The van der Waals surface area contributed by atoms with Crippen molar-refractivity contribution in [1.82, 2.24) is 5.32 Å². The van der Waals surface area contributed by atoms with Gasteiger partial charge in [0, 0.05) is 23.3 Å². The average Bonchev–Trinajstić information content (AvgIpc) is 2.28. The number of dihydropyridines is 1. The zero-order valence-electron chi connectivity index (χ0n) is 9.68. The molecule has 1 atom stereocenters. The van der Waals surface area contributed by atoms with E-state index in [1.807, 2.05) is 49.0 Å². The van der Waals surface area contributed by atoms with E-state index in [9.17, 15) is 10.2 Å². The molecule has 0 saturated carbocycles. The molecule has 1 unspecified atom stereocenters. The lowest BCUT2D eigenvalue weighted by atomic mass is 10.0. The van der Waals surface area contributed by atoms with Crippen molar-refractivity contribution in [3.63, 3.8) is 0 Å². The van der Waals surface area contributed by atoms with Crippen LogP contribution in [0.4, 0.5) is 0 Å². The van der Waals surface area contributed by atoms with Gasteiger partial charge in [0.2, 0.25) is 11.9 Å². The number of allylic oxidation sites excluding steroid dienone is 2. The van der Waals surface area contributed by atoms with Crippen molar-refractivity contribution in [1.29, 1.82) is 0 Å². The molecule has 2 heterocycles. The summed E-state index contributed by atoms with van der Waals surface area (Å²) in [6, 6.07) is 5.69. The van der Waals surface area contributed by atoms with E-state index in [1.165, 1.54) is 0 Å². The van der Waals surface area contributed by atoms with Gasteiger partial charge in [0.05, 0.1) is 0 Å². The second kappa shape index (κ2) is 5.21. The van der Waals surface area contributed by atoms with Crippen LogP contribution in [-0.2, 0) is 0 Å². The average molecular weight is 255 g/mol. The number of nitrogens with one attached hydrogen (secondary N) is 1. The first kappa shape index (κ1) is 13.5. The third-order valence-corrected chi connectivity index (χ3v) is 2.83. The lowest BCUT2D eigenvalue weighted by Crippen LogP contribution is -3.00. The van der Waals surface area contributed by atoms with Crippen molar-refractivity contribution >= 4 is 5.70 Å². The lowest BCUT2D eigenvalue weighted by Gasteiger charge is -2.21. The van der Waals surface area contributed by atoms with Gasteiger partial charge >= 0.3 is 0 Å². The largest absolute Gasteiger partial charge is 1.00 e. The summed E-state index contributed by atoms with van der Waals surface area (Å²) < 4.78 is 1.84. The molecule has 0 saturated heterocycles. The molecular formula is C12H15ClN2O2. The SMILES string of the molecule is CC1=C(O)NC(O)C([n+]2ccccc2)=C1C.[Cl-]. The summed E-state index contributed by atoms with van der Waals surface area (Å²) in [5, 5.41) is 22.1. The van der Waals surface area contributed by atoms with Crippen LogP contribution < -0.4 is 22.3 Å². The van der Waals surface area contributed by atoms with Gasteiger partial charge in [-0.3, -0.25) is 0 Å². The Morgan fingerprint density at radius 1 is 1.12 bits per heavy atom. The number of aliphatic hydroxyl groups excluding tert-OH is 2. The molecule has 0 spiro atoms. The monoisotopic (exact) mass is 254 g/mol. The first-order valence-corrected chi connectivity index (χ1v) is 5.13. The molecule has 3 N–H and O–H groups in total. The molecule has 92 valence electrons. The zero-order chi connectivity index (χ0) is 11.7. The molecule has 0 fully saturated rings. The third-order valence-electron chi connectivity index (χ3n) is 2.83. The van der Waals surface area contributed by atoms with E-state index in [-0.39, 0.29) is 18.3 Å². The summed E-state index contributed by atoms with van der Waals surface area (Å²) in [7, 11) is 0. The van der Waals surface area contributed by atoms with Crippen LogP contribution in [0, 0.1) is 0 Å². The van der Waals surface area contributed by atoms with Crippen molar-refractivity contribution in [3.05, 3.63) is 47.6 Å². The van der Waals surface area contributed by atoms with E-state index < -0.39 is 6.23 Å². The fraction of sp³-hybridized carbons (Fsp3) is 0.250. The smallest absolute Gasteiger partial charge is 0.239 e. The van der Waals surface area contributed by atoms with Gasteiger partial charge in [-0.05, 0) is 13.8 Å². The molecule has 0 aromatic carbocycles. The van der Waals surface area contributed by atoms with Gasteiger partial charge in [-0.25, -0.2) is 0 Å². The molecule has 0 aliphatic carbocycles. The van der Waals surface area contributed by atoms with Gasteiger partial charge in [0.15, 0.2) is 18.3 Å². The fourth-order valence-electron chi connectivity index (χ4n) is 1.78. The van der Waals surface area contributed by atoms with Crippen LogP contribution in [0.1, 0.15) is 13.8 Å². The highest BCUT2D eigenvalue weighted by molar-refractivity contribution is 5.55.